The fraction of sp³-hybridized carbons (Fsp3) is 0. The monoisotopic (exact) mass is 353 g/mol. The minimum Gasteiger partial charge on any atom is -0.454 e. The lowest BCUT2D eigenvalue weighted by atomic mass is 10.2. The summed E-state index contributed by atoms with van der Waals surface area (Å²) in [5.74, 6) is 0.116. The third-order valence-electron chi connectivity index (χ3n) is 2.67. The van der Waals surface area contributed by atoms with E-state index in [-0.39, 0.29) is 22.5 Å². The van der Waals surface area contributed by atoms with Crippen molar-refractivity contribution in [1.82, 2.24) is 10.3 Å². The molecule has 0 saturated carbocycles. The molecule has 7 nitrogen and oxygen atoms in total. The van der Waals surface area contributed by atoms with E-state index in [1.807, 2.05) is 0 Å². The van der Waals surface area contributed by atoms with Crippen molar-refractivity contribution < 1.29 is 18.7 Å². The van der Waals surface area contributed by atoms with Gasteiger partial charge in [0.25, 0.3) is 0 Å². The Hall–Kier alpha value is -2.55. The highest BCUT2D eigenvalue weighted by Crippen LogP contribution is 2.36. The van der Waals surface area contributed by atoms with Crippen LogP contribution >= 0.6 is 15.9 Å². The lowest BCUT2D eigenvalue weighted by Gasteiger charge is -2.07. The number of benzene rings is 2. The van der Waals surface area contributed by atoms with Gasteiger partial charge in [0.15, 0.2) is 11.3 Å². The molecule has 2 aromatic carbocycles. The minimum atomic E-state index is -0.593. The molecule has 0 fully saturated rings. The van der Waals surface area contributed by atoms with Gasteiger partial charge in [0, 0.05) is 6.07 Å². The number of halogens is 2. The zero-order valence-corrected chi connectivity index (χ0v) is 11.7. The van der Waals surface area contributed by atoms with Crippen LogP contribution < -0.4 is 4.74 Å². The molecule has 0 spiro atoms. The Morgan fingerprint density at radius 2 is 1.90 bits per heavy atom. The summed E-state index contributed by atoms with van der Waals surface area (Å²) >= 11 is 3.16. The molecule has 0 atom stereocenters. The molecule has 21 heavy (non-hydrogen) atoms. The molecule has 1 heterocycles. The minimum absolute atomic E-state index is 0.0178. The van der Waals surface area contributed by atoms with Gasteiger partial charge in [0.05, 0.1) is 9.40 Å². The molecular formula is C12H5BrFN3O4. The van der Waals surface area contributed by atoms with E-state index in [4.69, 9.17) is 4.74 Å². The second-order valence-electron chi connectivity index (χ2n) is 3.98. The second kappa shape index (κ2) is 5.09. The molecule has 106 valence electrons. The Morgan fingerprint density at radius 3 is 2.62 bits per heavy atom. The molecule has 0 amide bonds. The van der Waals surface area contributed by atoms with Crippen molar-refractivity contribution in [1.29, 1.82) is 0 Å². The number of nitro groups is 1. The van der Waals surface area contributed by atoms with Gasteiger partial charge in [-0.05, 0) is 50.5 Å². The first-order valence-electron chi connectivity index (χ1n) is 5.59. The van der Waals surface area contributed by atoms with Gasteiger partial charge in [-0.15, -0.1) is 0 Å². The van der Waals surface area contributed by atoms with Gasteiger partial charge in [0.2, 0.25) is 5.52 Å². The van der Waals surface area contributed by atoms with E-state index in [9.17, 15) is 14.5 Å². The van der Waals surface area contributed by atoms with Gasteiger partial charge in [-0.1, -0.05) is 0 Å². The Labute approximate surface area is 124 Å². The third kappa shape index (κ3) is 2.42. The zero-order valence-electron chi connectivity index (χ0n) is 10.1. The van der Waals surface area contributed by atoms with Crippen LogP contribution in [0.2, 0.25) is 0 Å². The second-order valence-corrected chi connectivity index (χ2v) is 4.83. The normalized spacial score (nSPS) is 10.8. The summed E-state index contributed by atoms with van der Waals surface area (Å²) in [7, 11) is 0. The van der Waals surface area contributed by atoms with Crippen LogP contribution in [-0.4, -0.2) is 15.2 Å². The predicted molar refractivity (Wildman–Crippen MR) is 72.6 cm³/mol. The van der Waals surface area contributed by atoms with Gasteiger partial charge in [-0.25, -0.2) is 9.02 Å². The van der Waals surface area contributed by atoms with E-state index >= 15 is 0 Å². The van der Waals surface area contributed by atoms with Crippen LogP contribution in [0.1, 0.15) is 0 Å². The standard InChI is InChI=1S/C12H5BrFN3O4/c13-7-5-6(14)1-3-9(7)20-10-4-2-8(17(18)19)11-12(10)16-21-15-11/h1-5H. The maximum absolute atomic E-state index is 13.0. The zero-order chi connectivity index (χ0) is 15.0. The van der Waals surface area contributed by atoms with Crippen molar-refractivity contribution in [2.75, 3.05) is 0 Å². The number of ether oxygens (including phenoxy) is 1. The smallest absolute Gasteiger partial charge is 0.301 e. The average molecular weight is 354 g/mol. The van der Waals surface area contributed by atoms with Crippen molar-refractivity contribution >= 4 is 32.7 Å². The van der Waals surface area contributed by atoms with E-state index in [1.54, 1.807) is 0 Å². The molecule has 0 aliphatic heterocycles. The number of nitro benzene ring substituents is 1. The summed E-state index contributed by atoms with van der Waals surface area (Å²) in [6, 6.07) is 6.49. The maximum Gasteiger partial charge on any atom is 0.301 e. The van der Waals surface area contributed by atoms with Crippen molar-refractivity contribution in [3.8, 4) is 11.5 Å². The first-order chi connectivity index (χ1) is 10.1. The van der Waals surface area contributed by atoms with Crippen LogP contribution in [0.5, 0.6) is 11.5 Å². The van der Waals surface area contributed by atoms with E-state index < -0.39 is 10.7 Å². The van der Waals surface area contributed by atoms with Crippen LogP contribution in [-0.2, 0) is 0 Å². The van der Waals surface area contributed by atoms with E-state index in [0.29, 0.717) is 10.2 Å². The predicted octanol–water partition coefficient (Wildman–Crippen LogP) is 3.82. The number of rotatable bonds is 3. The third-order valence-corrected chi connectivity index (χ3v) is 3.29. The summed E-state index contributed by atoms with van der Waals surface area (Å²) in [5.41, 5.74) is -0.145. The van der Waals surface area contributed by atoms with Gasteiger partial charge in [-0.2, -0.15) is 0 Å². The van der Waals surface area contributed by atoms with Gasteiger partial charge in [-0.3, -0.25) is 10.1 Å². The number of non-ortho nitro benzene ring substituents is 1. The molecule has 0 aliphatic carbocycles. The molecule has 9 heteroatoms. The van der Waals surface area contributed by atoms with Crippen molar-refractivity contribution in [3.63, 3.8) is 0 Å². The average Bonchev–Trinajstić information content (AvgIpc) is 2.91. The molecular weight excluding hydrogens is 349 g/mol. The SMILES string of the molecule is O=[N+]([O-])c1ccc(Oc2ccc(F)cc2Br)c2nonc12. The summed E-state index contributed by atoms with van der Waals surface area (Å²) in [6.45, 7) is 0. The summed E-state index contributed by atoms with van der Waals surface area (Å²) in [4.78, 5) is 10.3. The molecule has 0 unspecified atom stereocenters. The number of hydrogen-bond donors (Lipinski definition) is 0. The molecule has 3 rings (SSSR count). The van der Waals surface area contributed by atoms with Gasteiger partial charge in [0.1, 0.15) is 11.6 Å². The highest BCUT2D eigenvalue weighted by atomic mass is 79.9. The lowest BCUT2D eigenvalue weighted by molar-refractivity contribution is -0.383. The lowest BCUT2D eigenvalue weighted by Crippen LogP contribution is -1.92. The van der Waals surface area contributed by atoms with Crippen molar-refractivity contribution in [2.24, 2.45) is 0 Å². The van der Waals surface area contributed by atoms with E-state index in [1.165, 1.54) is 30.3 Å². The fourth-order valence-corrected chi connectivity index (χ4v) is 2.17. The Balaban J connectivity index is 2.07. The first-order valence-corrected chi connectivity index (χ1v) is 6.38. The largest absolute Gasteiger partial charge is 0.454 e. The Morgan fingerprint density at radius 1 is 1.19 bits per heavy atom. The van der Waals surface area contributed by atoms with Crippen LogP contribution in [0.25, 0.3) is 11.0 Å². The number of aromatic nitrogens is 2. The number of nitrogens with zero attached hydrogens (tertiary/aromatic N) is 3. The van der Waals surface area contributed by atoms with Crippen LogP contribution in [0.4, 0.5) is 10.1 Å². The number of fused-ring (bicyclic) bond motifs is 1. The molecule has 0 saturated heterocycles. The highest BCUT2D eigenvalue weighted by Gasteiger charge is 2.21. The molecule has 0 bridgehead atoms. The van der Waals surface area contributed by atoms with E-state index in [2.05, 4.69) is 30.9 Å². The van der Waals surface area contributed by atoms with Crippen LogP contribution in [0.15, 0.2) is 39.4 Å². The topological polar surface area (TPSA) is 91.3 Å². The van der Waals surface area contributed by atoms with E-state index in [0.717, 1.165) is 0 Å². The molecule has 1 aromatic heterocycles. The van der Waals surface area contributed by atoms with Gasteiger partial charge < -0.3 is 4.74 Å². The van der Waals surface area contributed by atoms with Crippen molar-refractivity contribution in [3.05, 3.63) is 50.7 Å². The Kier molecular flexibility index (Phi) is 3.26. The summed E-state index contributed by atoms with van der Waals surface area (Å²) < 4.78 is 23.5. The first kappa shape index (κ1) is 13.4. The summed E-state index contributed by atoms with van der Waals surface area (Å²) in [6.07, 6.45) is 0. The maximum atomic E-state index is 13.0. The van der Waals surface area contributed by atoms with Crippen molar-refractivity contribution in [2.45, 2.75) is 0 Å². The molecule has 0 aliphatic rings. The Bertz CT molecular complexity index is 852. The molecule has 0 N–H and O–H groups in total. The summed E-state index contributed by atoms with van der Waals surface area (Å²) in [5, 5.41) is 18.0. The highest BCUT2D eigenvalue weighted by molar-refractivity contribution is 9.10. The molecule has 0 radical (unpaired) electrons. The number of hydrogen-bond acceptors (Lipinski definition) is 6. The van der Waals surface area contributed by atoms with Crippen LogP contribution in [0.3, 0.4) is 0 Å². The van der Waals surface area contributed by atoms with Gasteiger partial charge >= 0.3 is 5.69 Å². The molecule has 3 aromatic rings. The fourth-order valence-electron chi connectivity index (χ4n) is 1.74. The van der Waals surface area contributed by atoms with Crippen LogP contribution in [0, 0.1) is 15.9 Å². The quantitative estimate of drug-likeness (QED) is 0.524.